The lowest BCUT2D eigenvalue weighted by Crippen LogP contribution is -2.38. The van der Waals surface area contributed by atoms with Gasteiger partial charge in [0.05, 0.1) is 6.54 Å². The summed E-state index contributed by atoms with van der Waals surface area (Å²) in [4.78, 5) is 14.0. The third-order valence-electron chi connectivity index (χ3n) is 6.15. The summed E-state index contributed by atoms with van der Waals surface area (Å²) in [6.07, 6.45) is 5.74. The normalized spacial score (nSPS) is 21.1. The molecule has 0 aliphatic carbocycles. The van der Waals surface area contributed by atoms with Crippen LogP contribution in [0.4, 0.5) is 5.82 Å². The number of fused-ring (bicyclic) bond motifs is 1. The molecule has 5 nitrogen and oxygen atoms in total. The molecule has 150 valence electrons. The zero-order valence-corrected chi connectivity index (χ0v) is 17.6. The van der Waals surface area contributed by atoms with Crippen molar-refractivity contribution in [1.29, 1.82) is 0 Å². The summed E-state index contributed by atoms with van der Waals surface area (Å²) >= 11 is 0. The molecule has 0 amide bonds. The molecule has 0 bridgehead atoms. The molecule has 28 heavy (non-hydrogen) atoms. The molecule has 2 aliphatic heterocycles. The number of hydrogen-bond acceptors (Lipinski definition) is 5. The van der Waals surface area contributed by atoms with Gasteiger partial charge in [0.2, 0.25) is 0 Å². The minimum atomic E-state index is 0.359. The van der Waals surface area contributed by atoms with Crippen LogP contribution in [-0.4, -0.2) is 48.2 Å². The zero-order valence-electron chi connectivity index (χ0n) is 17.6. The Bertz CT molecular complexity index is 817. The van der Waals surface area contributed by atoms with Gasteiger partial charge in [-0.1, -0.05) is 0 Å². The summed E-state index contributed by atoms with van der Waals surface area (Å²) in [5.74, 6) is 2.59. The van der Waals surface area contributed by atoms with Gasteiger partial charge >= 0.3 is 0 Å². The van der Waals surface area contributed by atoms with Crippen LogP contribution in [0.3, 0.4) is 0 Å². The van der Waals surface area contributed by atoms with Gasteiger partial charge < -0.3 is 9.64 Å². The van der Waals surface area contributed by atoms with E-state index in [-0.39, 0.29) is 0 Å². The zero-order chi connectivity index (χ0) is 19.7. The lowest BCUT2D eigenvalue weighted by atomic mass is 9.90. The minimum absolute atomic E-state index is 0.359. The molecule has 0 aromatic carbocycles. The van der Waals surface area contributed by atoms with Crippen LogP contribution in [0.2, 0.25) is 0 Å². The molecule has 1 saturated heterocycles. The molecule has 0 N–H and O–H groups in total. The van der Waals surface area contributed by atoms with Crippen LogP contribution in [-0.2, 0) is 6.42 Å². The Kier molecular flexibility index (Phi) is 5.54. The number of piperidine rings is 1. The number of aromatic nitrogens is 2. The third kappa shape index (κ3) is 4.14. The number of rotatable bonds is 4. The SMILES string of the molecule is Cc1cc(CC2CCCN(C(C)c3cnc4c(c3)OCCN4C)C2)cc(C)n1. The summed E-state index contributed by atoms with van der Waals surface area (Å²) in [7, 11) is 2.08. The van der Waals surface area contributed by atoms with Crippen molar-refractivity contribution in [3.05, 3.63) is 46.9 Å². The lowest BCUT2D eigenvalue weighted by molar-refractivity contribution is 0.131. The molecule has 1 fully saturated rings. The minimum Gasteiger partial charge on any atom is -0.488 e. The topological polar surface area (TPSA) is 41.5 Å². The molecule has 2 aromatic rings. The maximum Gasteiger partial charge on any atom is 0.171 e. The lowest BCUT2D eigenvalue weighted by Gasteiger charge is -2.37. The van der Waals surface area contributed by atoms with Crippen molar-refractivity contribution in [2.45, 2.75) is 46.1 Å². The maximum atomic E-state index is 5.87. The Balaban J connectivity index is 1.45. The number of nitrogens with zero attached hydrogens (tertiary/aromatic N) is 4. The van der Waals surface area contributed by atoms with Gasteiger partial charge in [-0.2, -0.15) is 0 Å². The first-order chi connectivity index (χ1) is 13.5. The van der Waals surface area contributed by atoms with Crippen molar-refractivity contribution >= 4 is 5.82 Å². The number of aryl methyl sites for hydroxylation is 2. The van der Waals surface area contributed by atoms with Gasteiger partial charge in [0.15, 0.2) is 11.6 Å². The van der Waals surface area contributed by atoms with E-state index in [0.717, 1.165) is 55.6 Å². The number of pyridine rings is 2. The van der Waals surface area contributed by atoms with E-state index < -0.39 is 0 Å². The molecule has 2 atom stereocenters. The van der Waals surface area contributed by atoms with Gasteiger partial charge in [0, 0.05) is 37.2 Å². The molecule has 5 heteroatoms. The van der Waals surface area contributed by atoms with E-state index in [9.17, 15) is 0 Å². The predicted molar refractivity (Wildman–Crippen MR) is 113 cm³/mol. The molecule has 0 radical (unpaired) electrons. The molecule has 2 aliphatic rings. The Labute approximate surface area is 168 Å². The van der Waals surface area contributed by atoms with Gasteiger partial charge in [0.1, 0.15) is 6.61 Å². The molecule has 0 spiro atoms. The average molecular weight is 381 g/mol. The second-order valence-corrected chi connectivity index (χ2v) is 8.50. The fourth-order valence-corrected chi connectivity index (χ4v) is 4.67. The van der Waals surface area contributed by atoms with Crippen LogP contribution in [0.25, 0.3) is 0 Å². The van der Waals surface area contributed by atoms with Crippen LogP contribution < -0.4 is 9.64 Å². The van der Waals surface area contributed by atoms with Crippen molar-refractivity contribution < 1.29 is 4.74 Å². The van der Waals surface area contributed by atoms with Crippen LogP contribution >= 0.6 is 0 Å². The van der Waals surface area contributed by atoms with E-state index in [2.05, 4.69) is 65.8 Å². The summed E-state index contributed by atoms with van der Waals surface area (Å²) in [5, 5.41) is 0. The van der Waals surface area contributed by atoms with Gasteiger partial charge in [-0.05, 0) is 81.8 Å². The molecular weight excluding hydrogens is 348 g/mol. The largest absolute Gasteiger partial charge is 0.488 e. The molecular formula is C23H32N4O. The van der Waals surface area contributed by atoms with Crippen LogP contribution in [0.1, 0.15) is 48.3 Å². The van der Waals surface area contributed by atoms with E-state index in [1.165, 1.54) is 24.0 Å². The second kappa shape index (κ2) is 8.08. The fraction of sp³-hybridized carbons (Fsp3) is 0.565. The second-order valence-electron chi connectivity index (χ2n) is 8.50. The first kappa shape index (κ1) is 19.2. The Morgan fingerprint density at radius 3 is 2.75 bits per heavy atom. The Hall–Kier alpha value is -2.14. The highest BCUT2D eigenvalue weighted by Crippen LogP contribution is 2.34. The fourth-order valence-electron chi connectivity index (χ4n) is 4.67. The highest BCUT2D eigenvalue weighted by Gasteiger charge is 2.26. The Morgan fingerprint density at radius 1 is 1.18 bits per heavy atom. The number of likely N-dealkylation sites (tertiary alicyclic amines) is 1. The van der Waals surface area contributed by atoms with Gasteiger partial charge in [-0.15, -0.1) is 0 Å². The van der Waals surface area contributed by atoms with E-state index in [4.69, 9.17) is 4.74 Å². The standard InChI is InChI=1S/C23H32N4O/c1-16-10-20(11-17(2)25-16)12-19-6-5-7-27(15-19)18(3)21-13-22-23(24-14-21)26(4)8-9-28-22/h10-11,13-14,18-19H,5-9,12,15H2,1-4H3. The number of ether oxygens (including phenoxy) is 1. The van der Waals surface area contributed by atoms with Gasteiger partial charge in [0.25, 0.3) is 0 Å². The molecule has 4 heterocycles. The van der Waals surface area contributed by atoms with E-state index >= 15 is 0 Å². The number of anilines is 1. The van der Waals surface area contributed by atoms with Crippen molar-refractivity contribution in [2.24, 2.45) is 5.92 Å². The quantitative estimate of drug-likeness (QED) is 0.804. The van der Waals surface area contributed by atoms with Crippen molar-refractivity contribution in [3.8, 4) is 5.75 Å². The third-order valence-corrected chi connectivity index (χ3v) is 6.15. The predicted octanol–water partition coefficient (Wildman–Crippen LogP) is 3.94. The van der Waals surface area contributed by atoms with Crippen molar-refractivity contribution in [2.75, 3.05) is 38.2 Å². The van der Waals surface area contributed by atoms with Crippen LogP contribution in [0.5, 0.6) is 5.75 Å². The molecule has 4 rings (SSSR count). The summed E-state index contributed by atoms with van der Waals surface area (Å²) < 4.78 is 5.87. The molecule has 2 aromatic heterocycles. The van der Waals surface area contributed by atoms with Gasteiger partial charge in [-0.25, -0.2) is 4.98 Å². The van der Waals surface area contributed by atoms with Crippen LogP contribution in [0.15, 0.2) is 24.4 Å². The van der Waals surface area contributed by atoms with Gasteiger partial charge in [-0.3, -0.25) is 9.88 Å². The Morgan fingerprint density at radius 2 is 1.96 bits per heavy atom. The molecule has 2 unspecified atom stereocenters. The number of likely N-dealkylation sites (N-methyl/N-ethyl adjacent to an activating group) is 1. The van der Waals surface area contributed by atoms with Crippen molar-refractivity contribution in [1.82, 2.24) is 14.9 Å². The van der Waals surface area contributed by atoms with E-state index in [1.807, 2.05) is 6.20 Å². The van der Waals surface area contributed by atoms with E-state index in [0.29, 0.717) is 12.0 Å². The average Bonchev–Trinajstić information content (AvgIpc) is 2.67. The summed E-state index contributed by atoms with van der Waals surface area (Å²) in [5.41, 5.74) is 4.93. The first-order valence-corrected chi connectivity index (χ1v) is 10.5. The maximum absolute atomic E-state index is 5.87. The highest BCUT2D eigenvalue weighted by atomic mass is 16.5. The monoisotopic (exact) mass is 380 g/mol. The first-order valence-electron chi connectivity index (χ1n) is 10.5. The summed E-state index contributed by atoms with van der Waals surface area (Å²) in [6, 6.07) is 7.05. The van der Waals surface area contributed by atoms with Crippen LogP contribution in [0, 0.1) is 19.8 Å². The highest BCUT2D eigenvalue weighted by molar-refractivity contribution is 5.54. The smallest absolute Gasteiger partial charge is 0.171 e. The van der Waals surface area contributed by atoms with Crippen molar-refractivity contribution in [3.63, 3.8) is 0 Å². The molecule has 0 saturated carbocycles. The van der Waals surface area contributed by atoms with E-state index in [1.54, 1.807) is 0 Å². The number of hydrogen-bond donors (Lipinski definition) is 0. The summed E-state index contributed by atoms with van der Waals surface area (Å²) in [6.45, 7) is 10.4.